The number of carbonyl (C=O) groups excluding carboxylic acids is 1. The Kier molecular flexibility index (Phi) is 6.00. The molecule has 0 aliphatic rings. The van der Waals surface area contributed by atoms with Crippen LogP contribution in [0.3, 0.4) is 0 Å². The summed E-state index contributed by atoms with van der Waals surface area (Å²) < 4.78 is 27.7. The number of nitrogens with one attached hydrogen (secondary N) is 1. The molecular formula is C21H28N2O3S. The van der Waals surface area contributed by atoms with Crippen molar-refractivity contribution in [3.63, 3.8) is 0 Å². The van der Waals surface area contributed by atoms with Crippen molar-refractivity contribution in [2.45, 2.75) is 52.0 Å². The fourth-order valence-corrected chi connectivity index (χ4v) is 4.03. The molecule has 27 heavy (non-hydrogen) atoms. The molecule has 2 aromatic rings. The number of nitrogens with zero attached hydrogens (tertiary/aromatic N) is 1. The number of hydrogen-bond donors (Lipinski definition) is 1. The van der Waals surface area contributed by atoms with Gasteiger partial charge >= 0.3 is 0 Å². The molecule has 146 valence electrons. The molecule has 0 unspecified atom stereocenters. The first-order valence-corrected chi connectivity index (χ1v) is 10.3. The quantitative estimate of drug-likeness (QED) is 0.849. The minimum absolute atomic E-state index is 0.162. The third kappa shape index (κ3) is 5.32. The van der Waals surface area contributed by atoms with E-state index in [2.05, 4.69) is 5.32 Å². The summed E-state index contributed by atoms with van der Waals surface area (Å²) in [6.07, 6.45) is 0. The monoisotopic (exact) mass is 388 g/mol. The molecule has 0 aliphatic heterocycles. The summed E-state index contributed by atoms with van der Waals surface area (Å²) in [5.74, 6) is -0.351. The van der Waals surface area contributed by atoms with Gasteiger partial charge in [-0.1, -0.05) is 23.8 Å². The molecule has 5 nitrogen and oxygen atoms in total. The van der Waals surface area contributed by atoms with Crippen LogP contribution in [0.4, 0.5) is 5.69 Å². The van der Waals surface area contributed by atoms with Crippen molar-refractivity contribution in [2.24, 2.45) is 0 Å². The van der Waals surface area contributed by atoms with Crippen LogP contribution in [-0.2, 0) is 14.8 Å². The maximum absolute atomic E-state index is 13.3. The second kappa shape index (κ2) is 7.72. The lowest BCUT2D eigenvalue weighted by Crippen LogP contribution is -2.47. The van der Waals surface area contributed by atoms with E-state index in [9.17, 15) is 13.2 Å². The van der Waals surface area contributed by atoms with E-state index in [1.54, 1.807) is 36.4 Å². The smallest absolute Gasteiger partial charge is 0.264 e. The Morgan fingerprint density at radius 3 is 2.07 bits per heavy atom. The third-order valence-corrected chi connectivity index (χ3v) is 5.98. The average Bonchev–Trinajstić information content (AvgIpc) is 2.54. The number of benzene rings is 2. The maximum Gasteiger partial charge on any atom is 0.264 e. The van der Waals surface area contributed by atoms with Crippen LogP contribution in [0.5, 0.6) is 0 Å². The Labute approximate surface area is 162 Å². The van der Waals surface area contributed by atoms with Crippen molar-refractivity contribution in [2.75, 3.05) is 10.8 Å². The predicted octanol–water partition coefficient (Wildman–Crippen LogP) is 3.72. The van der Waals surface area contributed by atoms with Crippen LogP contribution in [0, 0.1) is 20.8 Å². The van der Waals surface area contributed by atoms with Gasteiger partial charge in [-0.3, -0.25) is 9.10 Å². The lowest BCUT2D eigenvalue weighted by molar-refractivity contribution is -0.121. The van der Waals surface area contributed by atoms with Crippen molar-refractivity contribution in [1.82, 2.24) is 5.32 Å². The Morgan fingerprint density at radius 2 is 1.56 bits per heavy atom. The van der Waals surface area contributed by atoms with Crippen molar-refractivity contribution >= 4 is 21.6 Å². The number of hydrogen-bond acceptors (Lipinski definition) is 3. The minimum atomic E-state index is -3.88. The molecule has 0 saturated carbocycles. The van der Waals surface area contributed by atoms with E-state index in [1.807, 2.05) is 47.6 Å². The summed E-state index contributed by atoms with van der Waals surface area (Å²) in [4.78, 5) is 12.7. The van der Waals surface area contributed by atoms with Crippen molar-refractivity contribution in [1.29, 1.82) is 0 Å². The van der Waals surface area contributed by atoms with E-state index >= 15 is 0 Å². The van der Waals surface area contributed by atoms with Crippen LogP contribution < -0.4 is 9.62 Å². The van der Waals surface area contributed by atoms with Crippen LogP contribution >= 0.6 is 0 Å². The standard InChI is InChI=1S/C21H28N2O3S/c1-15-7-11-19(12-8-15)27(25,26)23(14-20(24)22-21(4,5)6)18-10-9-16(2)17(3)13-18/h7-13H,14H2,1-6H3,(H,22,24). The Hall–Kier alpha value is -2.34. The van der Waals surface area contributed by atoms with Gasteiger partial charge in [0.25, 0.3) is 10.0 Å². The maximum atomic E-state index is 13.3. The molecule has 0 heterocycles. The molecule has 1 N–H and O–H groups in total. The van der Waals surface area contributed by atoms with Gasteiger partial charge in [-0.2, -0.15) is 0 Å². The summed E-state index contributed by atoms with van der Waals surface area (Å²) >= 11 is 0. The highest BCUT2D eigenvalue weighted by molar-refractivity contribution is 7.92. The number of aryl methyl sites for hydroxylation is 3. The van der Waals surface area contributed by atoms with Gasteiger partial charge in [-0.05, 0) is 76.9 Å². The highest BCUT2D eigenvalue weighted by Crippen LogP contribution is 2.26. The zero-order chi connectivity index (χ0) is 20.4. The van der Waals surface area contributed by atoms with Gasteiger partial charge in [0, 0.05) is 5.54 Å². The number of anilines is 1. The minimum Gasteiger partial charge on any atom is -0.350 e. The zero-order valence-electron chi connectivity index (χ0n) is 16.8. The van der Waals surface area contributed by atoms with Gasteiger partial charge in [0.05, 0.1) is 10.6 Å². The van der Waals surface area contributed by atoms with E-state index < -0.39 is 15.6 Å². The highest BCUT2D eigenvalue weighted by Gasteiger charge is 2.28. The van der Waals surface area contributed by atoms with Crippen LogP contribution in [0.1, 0.15) is 37.5 Å². The molecule has 0 radical (unpaired) electrons. The molecule has 6 heteroatoms. The Balaban J connectivity index is 2.49. The van der Waals surface area contributed by atoms with Gasteiger partial charge in [0.15, 0.2) is 0 Å². The van der Waals surface area contributed by atoms with Crippen LogP contribution in [0.25, 0.3) is 0 Å². The Bertz CT molecular complexity index is 927. The van der Waals surface area contributed by atoms with Crippen molar-refractivity contribution in [3.8, 4) is 0 Å². The lowest BCUT2D eigenvalue weighted by Gasteiger charge is -2.27. The molecule has 0 atom stereocenters. The van der Waals surface area contributed by atoms with E-state index in [1.165, 1.54) is 4.31 Å². The van der Waals surface area contributed by atoms with E-state index in [-0.39, 0.29) is 17.3 Å². The first-order chi connectivity index (χ1) is 12.4. The second-order valence-corrected chi connectivity index (χ2v) is 9.75. The van der Waals surface area contributed by atoms with E-state index in [0.717, 1.165) is 16.7 Å². The first kappa shape index (κ1) is 21.0. The molecule has 1 amide bonds. The summed E-state index contributed by atoms with van der Waals surface area (Å²) in [6.45, 7) is 11.1. The van der Waals surface area contributed by atoms with Gasteiger partial charge < -0.3 is 5.32 Å². The fourth-order valence-electron chi connectivity index (χ4n) is 2.62. The highest BCUT2D eigenvalue weighted by atomic mass is 32.2. The number of amides is 1. The number of sulfonamides is 1. The molecule has 0 fully saturated rings. The van der Waals surface area contributed by atoms with Gasteiger partial charge in [0.2, 0.25) is 5.91 Å². The summed E-state index contributed by atoms with van der Waals surface area (Å²) in [5.41, 5.74) is 3.03. The SMILES string of the molecule is Cc1ccc(S(=O)(=O)N(CC(=O)NC(C)(C)C)c2ccc(C)c(C)c2)cc1. The van der Waals surface area contributed by atoms with Crippen molar-refractivity contribution in [3.05, 3.63) is 59.2 Å². The van der Waals surface area contributed by atoms with Crippen LogP contribution in [0.2, 0.25) is 0 Å². The van der Waals surface area contributed by atoms with Gasteiger partial charge in [-0.15, -0.1) is 0 Å². The molecule has 0 aromatic heterocycles. The fraction of sp³-hybridized carbons (Fsp3) is 0.381. The Morgan fingerprint density at radius 1 is 0.963 bits per heavy atom. The summed E-state index contributed by atoms with van der Waals surface area (Å²) in [5, 5.41) is 2.83. The van der Waals surface area contributed by atoms with E-state index in [4.69, 9.17) is 0 Å². The van der Waals surface area contributed by atoms with E-state index in [0.29, 0.717) is 5.69 Å². The molecule has 0 saturated heterocycles. The van der Waals surface area contributed by atoms with Crippen LogP contribution in [-0.4, -0.2) is 26.4 Å². The third-order valence-electron chi connectivity index (χ3n) is 4.19. The normalized spacial score (nSPS) is 11.9. The summed E-state index contributed by atoms with van der Waals surface area (Å²) in [6, 6.07) is 12.0. The van der Waals surface area contributed by atoms with Gasteiger partial charge in [-0.25, -0.2) is 8.42 Å². The van der Waals surface area contributed by atoms with Crippen LogP contribution in [0.15, 0.2) is 47.4 Å². The topological polar surface area (TPSA) is 66.5 Å². The van der Waals surface area contributed by atoms with Gasteiger partial charge in [0.1, 0.15) is 6.54 Å². The molecule has 0 aliphatic carbocycles. The molecule has 0 bridgehead atoms. The number of rotatable bonds is 5. The lowest BCUT2D eigenvalue weighted by atomic mass is 10.1. The number of carbonyl (C=O) groups is 1. The molecule has 2 rings (SSSR count). The first-order valence-electron chi connectivity index (χ1n) is 8.88. The van der Waals surface area contributed by atoms with Crippen molar-refractivity contribution < 1.29 is 13.2 Å². The zero-order valence-corrected chi connectivity index (χ0v) is 17.6. The molecule has 0 spiro atoms. The average molecular weight is 389 g/mol. The largest absolute Gasteiger partial charge is 0.350 e. The molecule has 2 aromatic carbocycles. The molecular weight excluding hydrogens is 360 g/mol. The second-order valence-electron chi connectivity index (χ2n) is 7.89. The predicted molar refractivity (Wildman–Crippen MR) is 110 cm³/mol. The summed E-state index contributed by atoms with van der Waals surface area (Å²) in [7, 11) is -3.88.